The van der Waals surface area contributed by atoms with Crippen molar-refractivity contribution >= 4 is 35.8 Å². The predicted molar refractivity (Wildman–Crippen MR) is 116 cm³/mol. The van der Waals surface area contributed by atoms with Crippen molar-refractivity contribution in [2.45, 2.75) is 45.9 Å². The molecule has 2 N–H and O–H groups in total. The number of guanidine groups is 1. The van der Waals surface area contributed by atoms with E-state index in [4.69, 9.17) is 4.74 Å². The highest BCUT2D eigenvalue weighted by atomic mass is 127. The van der Waals surface area contributed by atoms with Gasteiger partial charge in [0.05, 0.1) is 13.2 Å². The van der Waals surface area contributed by atoms with Crippen molar-refractivity contribution in [2.75, 3.05) is 26.7 Å². The lowest BCUT2D eigenvalue weighted by atomic mass is 10.1. The van der Waals surface area contributed by atoms with E-state index in [0.717, 1.165) is 25.1 Å². The first-order chi connectivity index (χ1) is 12.6. The highest BCUT2D eigenvalue weighted by Crippen LogP contribution is 2.13. The first-order valence-electron chi connectivity index (χ1n) is 9.16. The Kier molecular flexibility index (Phi) is 10.6. The molecule has 2 rings (SSSR count). The molecule has 1 aromatic carbocycles. The van der Waals surface area contributed by atoms with Crippen LogP contribution in [0.2, 0.25) is 0 Å². The molecule has 1 heterocycles. The van der Waals surface area contributed by atoms with Crippen molar-refractivity contribution in [3.05, 3.63) is 35.1 Å². The van der Waals surface area contributed by atoms with Crippen LogP contribution in [0, 0.1) is 5.82 Å². The van der Waals surface area contributed by atoms with Crippen LogP contribution in [0.25, 0.3) is 0 Å². The number of carbonyl (C=O) groups is 1. The third kappa shape index (κ3) is 7.25. The Balaban J connectivity index is 0.00000364. The average molecular weight is 492 g/mol. The van der Waals surface area contributed by atoms with Crippen molar-refractivity contribution in [1.29, 1.82) is 0 Å². The van der Waals surface area contributed by atoms with E-state index >= 15 is 0 Å². The molecule has 1 saturated heterocycles. The standard InChI is InChI=1S/C19H29FN4O2.HI/c1-4-18(25)24-9-8-16(12-24)23-19(21-5-2)22-11-14-6-7-17(20)15(10-14)13-26-3;/h6-7,10,16H,4-5,8-9,11-13H2,1-3H3,(H2,21,22,23);1H. The van der Waals surface area contributed by atoms with Gasteiger partial charge in [-0.3, -0.25) is 4.79 Å². The normalized spacial score (nSPS) is 16.8. The van der Waals surface area contributed by atoms with Gasteiger partial charge in [0.1, 0.15) is 5.82 Å². The van der Waals surface area contributed by atoms with Crippen molar-refractivity contribution < 1.29 is 13.9 Å². The minimum atomic E-state index is -0.267. The summed E-state index contributed by atoms with van der Waals surface area (Å²) in [6.07, 6.45) is 1.44. The van der Waals surface area contributed by atoms with Crippen molar-refractivity contribution in [1.82, 2.24) is 15.5 Å². The number of aliphatic imine (C=N–C) groups is 1. The van der Waals surface area contributed by atoms with E-state index in [1.54, 1.807) is 19.2 Å². The van der Waals surface area contributed by atoms with Gasteiger partial charge < -0.3 is 20.3 Å². The molecule has 0 radical (unpaired) electrons. The van der Waals surface area contributed by atoms with Crippen LogP contribution in [0.4, 0.5) is 4.39 Å². The molecule has 1 aromatic rings. The molecule has 0 bridgehead atoms. The number of likely N-dealkylation sites (tertiary alicyclic amines) is 1. The van der Waals surface area contributed by atoms with E-state index in [1.165, 1.54) is 6.07 Å². The predicted octanol–water partition coefficient (Wildman–Crippen LogP) is 2.66. The summed E-state index contributed by atoms with van der Waals surface area (Å²) in [5.74, 6) is 0.630. The van der Waals surface area contributed by atoms with Crippen LogP contribution in [-0.2, 0) is 22.7 Å². The Morgan fingerprint density at radius 2 is 2.19 bits per heavy atom. The van der Waals surface area contributed by atoms with Gasteiger partial charge in [0.25, 0.3) is 0 Å². The smallest absolute Gasteiger partial charge is 0.222 e. The van der Waals surface area contributed by atoms with Gasteiger partial charge in [0.2, 0.25) is 5.91 Å². The minimum Gasteiger partial charge on any atom is -0.380 e. The van der Waals surface area contributed by atoms with Crippen molar-refractivity contribution in [3.63, 3.8) is 0 Å². The number of hydrogen-bond donors (Lipinski definition) is 2. The number of hydrogen-bond acceptors (Lipinski definition) is 3. The number of ether oxygens (including phenoxy) is 1. The zero-order chi connectivity index (χ0) is 18.9. The summed E-state index contributed by atoms with van der Waals surface area (Å²) in [7, 11) is 1.55. The topological polar surface area (TPSA) is 66.0 Å². The second-order valence-electron chi connectivity index (χ2n) is 6.38. The summed E-state index contributed by atoms with van der Waals surface area (Å²) in [5, 5.41) is 6.62. The van der Waals surface area contributed by atoms with Crippen LogP contribution in [-0.4, -0.2) is 49.6 Å². The van der Waals surface area contributed by atoms with Crippen LogP contribution < -0.4 is 10.6 Å². The van der Waals surface area contributed by atoms with Gasteiger partial charge in [0.15, 0.2) is 5.96 Å². The Labute approximate surface area is 178 Å². The van der Waals surface area contributed by atoms with E-state index in [2.05, 4.69) is 15.6 Å². The summed E-state index contributed by atoms with van der Waals surface area (Å²) in [5.41, 5.74) is 1.45. The van der Waals surface area contributed by atoms with Gasteiger partial charge in [-0.1, -0.05) is 13.0 Å². The second-order valence-corrected chi connectivity index (χ2v) is 6.38. The van der Waals surface area contributed by atoms with Gasteiger partial charge in [-0.15, -0.1) is 24.0 Å². The lowest BCUT2D eigenvalue weighted by Gasteiger charge is -2.18. The Morgan fingerprint density at radius 1 is 1.41 bits per heavy atom. The molecule has 0 spiro atoms. The van der Waals surface area contributed by atoms with E-state index in [9.17, 15) is 9.18 Å². The molecule has 6 nitrogen and oxygen atoms in total. The van der Waals surface area contributed by atoms with Gasteiger partial charge in [-0.2, -0.15) is 0 Å². The molecule has 0 aromatic heterocycles. The third-order valence-electron chi connectivity index (χ3n) is 4.36. The molecule has 1 aliphatic heterocycles. The average Bonchev–Trinajstić information content (AvgIpc) is 3.10. The van der Waals surface area contributed by atoms with E-state index < -0.39 is 0 Å². The zero-order valence-corrected chi connectivity index (χ0v) is 18.6. The largest absolute Gasteiger partial charge is 0.380 e. The number of halogens is 2. The molecule has 0 aliphatic carbocycles. The molecule has 27 heavy (non-hydrogen) atoms. The number of nitrogens with one attached hydrogen (secondary N) is 2. The quantitative estimate of drug-likeness (QED) is 0.349. The minimum absolute atomic E-state index is 0. The van der Waals surface area contributed by atoms with Crippen molar-refractivity contribution in [3.8, 4) is 0 Å². The number of rotatable bonds is 7. The first kappa shape index (κ1) is 23.6. The monoisotopic (exact) mass is 492 g/mol. The van der Waals surface area contributed by atoms with Gasteiger partial charge in [-0.05, 0) is 31.0 Å². The molecule has 1 amide bonds. The van der Waals surface area contributed by atoms with Crippen LogP contribution in [0.3, 0.4) is 0 Å². The SMILES string of the molecule is CCNC(=NCc1ccc(F)c(COC)c1)NC1CCN(C(=O)CC)C1.I. The number of amides is 1. The molecule has 1 fully saturated rings. The maximum Gasteiger partial charge on any atom is 0.222 e. The van der Waals surface area contributed by atoms with Gasteiger partial charge in [0, 0.05) is 44.8 Å². The lowest BCUT2D eigenvalue weighted by Crippen LogP contribution is -2.45. The molecule has 1 atom stereocenters. The Morgan fingerprint density at radius 3 is 2.85 bits per heavy atom. The van der Waals surface area contributed by atoms with Gasteiger partial charge >= 0.3 is 0 Å². The number of methoxy groups -OCH3 is 1. The van der Waals surface area contributed by atoms with E-state index in [1.807, 2.05) is 18.7 Å². The molecule has 152 valence electrons. The van der Waals surface area contributed by atoms with Gasteiger partial charge in [-0.25, -0.2) is 9.38 Å². The Bertz CT molecular complexity index is 642. The lowest BCUT2D eigenvalue weighted by molar-refractivity contribution is -0.129. The number of benzene rings is 1. The fourth-order valence-corrected chi connectivity index (χ4v) is 3.00. The van der Waals surface area contributed by atoms with E-state index in [-0.39, 0.29) is 48.3 Å². The third-order valence-corrected chi connectivity index (χ3v) is 4.36. The Hall–Kier alpha value is -1.42. The highest BCUT2D eigenvalue weighted by molar-refractivity contribution is 14.0. The molecule has 1 aliphatic rings. The van der Waals surface area contributed by atoms with Crippen LogP contribution in [0.15, 0.2) is 23.2 Å². The summed E-state index contributed by atoms with van der Waals surface area (Å²) in [6.45, 7) is 6.80. The highest BCUT2D eigenvalue weighted by Gasteiger charge is 2.25. The maximum absolute atomic E-state index is 13.7. The summed E-state index contributed by atoms with van der Waals surface area (Å²) in [6, 6.07) is 5.16. The summed E-state index contributed by atoms with van der Waals surface area (Å²) in [4.78, 5) is 18.3. The number of carbonyl (C=O) groups excluding carboxylic acids is 1. The zero-order valence-electron chi connectivity index (χ0n) is 16.3. The van der Waals surface area contributed by atoms with E-state index in [0.29, 0.717) is 31.0 Å². The van der Waals surface area contributed by atoms with Crippen molar-refractivity contribution in [2.24, 2.45) is 4.99 Å². The second kappa shape index (κ2) is 12.1. The summed E-state index contributed by atoms with van der Waals surface area (Å²) >= 11 is 0. The molecule has 1 unspecified atom stereocenters. The van der Waals surface area contributed by atoms with Crippen LogP contribution in [0.5, 0.6) is 0 Å². The fourth-order valence-electron chi connectivity index (χ4n) is 3.00. The molecule has 8 heteroatoms. The van der Waals surface area contributed by atoms with Crippen LogP contribution >= 0.6 is 24.0 Å². The first-order valence-corrected chi connectivity index (χ1v) is 9.16. The fraction of sp³-hybridized carbons (Fsp3) is 0.579. The molecule has 0 saturated carbocycles. The van der Waals surface area contributed by atoms with Crippen LogP contribution in [0.1, 0.15) is 37.8 Å². The summed E-state index contributed by atoms with van der Waals surface area (Å²) < 4.78 is 18.7. The number of nitrogens with zero attached hydrogens (tertiary/aromatic N) is 2. The maximum atomic E-state index is 13.7. The molecular weight excluding hydrogens is 462 g/mol. The molecular formula is C19H30FIN4O2.